The Kier molecular flexibility index (Phi) is 4.57. The monoisotopic (exact) mass is 183 g/mol. The van der Waals surface area contributed by atoms with Gasteiger partial charge in [0.1, 0.15) is 0 Å². The summed E-state index contributed by atoms with van der Waals surface area (Å²) in [6.07, 6.45) is 8.21. The first-order valence-electron chi connectivity index (χ1n) is 4.68. The molecule has 0 saturated heterocycles. The molecule has 0 radical (unpaired) electrons. The number of hydroxylamine groups is 1. The van der Waals surface area contributed by atoms with E-state index in [2.05, 4.69) is 17.6 Å². The Bertz CT molecular complexity index is 209. The number of hydrogen-bond acceptors (Lipinski definition) is 3. The highest BCUT2D eigenvalue weighted by atomic mass is 16.6. The fourth-order valence-corrected chi connectivity index (χ4v) is 1.44. The second kappa shape index (κ2) is 5.78. The summed E-state index contributed by atoms with van der Waals surface area (Å²) in [5, 5.41) is 8.64. The normalized spacial score (nSPS) is 15.5. The van der Waals surface area contributed by atoms with Crippen molar-refractivity contribution in [3.8, 4) is 0 Å². The van der Waals surface area contributed by atoms with Crippen molar-refractivity contribution < 1.29 is 9.94 Å². The van der Waals surface area contributed by atoms with Crippen LogP contribution in [-0.2, 0) is 4.84 Å². The lowest BCUT2D eigenvalue weighted by atomic mass is 10.1. The molecule has 0 aromatic rings. The van der Waals surface area contributed by atoms with Gasteiger partial charge in [-0.15, -0.1) is 0 Å². The largest absolute Gasteiger partial charge is 0.396 e. The zero-order valence-corrected chi connectivity index (χ0v) is 8.05. The third-order valence-electron chi connectivity index (χ3n) is 2.10. The van der Waals surface area contributed by atoms with Gasteiger partial charge >= 0.3 is 0 Å². The molecular weight excluding hydrogens is 166 g/mol. The van der Waals surface area contributed by atoms with E-state index in [0.717, 1.165) is 31.4 Å². The van der Waals surface area contributed by atoms with Crippen molar-refractivity contribution in [3.05, 3.63) is 23.4 Å². The summed E-state index contributed by atoms with van der Waals surface area (Å²) in [7, 11) is 1.62. The number of aliphatic hydroxyl groups excluding tert-OH is 1. The minimum Gasteiger partial charge on any atom is -0.396 e. The average molecular weight is 183 g/mol. The quantitative estimate of drug-likeness (QED) is 0.484. The Morgan fingerprint density at radius 1 is 1.46 bits per heavy atom. The van der Waals surface area contributed by atoms with Crippen LogP contribution >= 0.6 is 0 Å². The van der Waals surface area contributed by atoms with E-state index >= 15 is 0 Å². The molecule has 0 aliphatic heterocycles. The van der Waals surface area contributed by atoms with Crippen LogP contribution in [0.1, 0.15) is 25.7 Å². The highest BCUT2D eigenvalue weighted by molar-refractivity contribution is 5.34. The van der Waals surface area contributed by atoms with E-state index in [4.69, 9.17) is 9.94 Å². The van der Waals surface area contributed by atoms with Crippen LogP contribution in [0.5, 0.6) is 0 Å². The van der Waals surface area contributed by atoms with Crippen LogP contribution in [-0.4, -0.2) is 18.8 Å². The van der Waals surface area contributed by atoms with E-state index in [0.29, 0.717) is 0 Å². The molecule has 1 aliphatic rings. The summed E-state index contributed by atoms with van der Waals surface area (Å²) in [5.74, 6) is 0. The van der Waals surface area contributed by atoms with Gasteiger partial charge in [-0.3, -0.25) is 10.3 Å². The van der Waals surface area contributed by atoms with Crippen molar-refractivity contribution in [1.82, 2.24) is 5.48 Å². The first kappa shape index (κ1) is 10.3. The molecule has 1 aliphatic carbocycles. The van der Waals surface area contributed by atoms with Gasteiger partial charge in [0.05, 0.1) is 12.8 Å². The van der Waals surface area contributed by atoms with E-state index in [9.17, 15) is 0 Å². The average Bonchev–Trinajstić information content (AvgIpc) is 2.54. The number of rotatable bonds is 6. The van der Waals surface area contributed by atoms with Crippen LogP contribution < -0.4 is 5.48 Å². The molecule has 0 amide bonds. The van der Waals surface area contributed by atoms with Gasteiger partial charge in [0.15, 0.2) is 0 Å². The fraction of sp³-hybridized carbons (Fsp3) is 0.600. The third-order valence-corrected chi connectivity index (χ3v) is 2.10. The number of nitrogens with one attached hydrogen (secondary N) is 1. The molecule has 74 valence electrons. The van der Waals surface area contributed by atoms with E-state index in [1.54, 1.807) is 7.11 Å². The Morgan fingerprint density at radius 3 is 3.00 bits per heavy atom. The van der Waals surface area contributed by atoms with Crippen LogP contribution in [0, 0.1) is 0 Å². The molecule has 1 rings (SSSR count). The SMILES string of the molecule is CONC1=CCC=C1CCCCO. The van der Waals surface area contributed by atoms with Gasteiger partial charge in [-0.2, -0.15) is 0 Å². The molecule has 3 heteroatoms. The molecule has 0 fully saturated rings. The van der Waals surface area contributed by atoms with Crippen LogP contribution in [0.15, 0.2) is 23.4 Å². The zero-order valence-electron chi connectivity index (χ0n) is 8.05. The third kappa shape index (κ3) is 3.20. The maximum atomic E-state index is 8.64. The van der Waals surface area contributed by atoms with Gasteiger partial charge in [-0.25, -0.2) is 0 Å². The topological polar surface area (TPSA) is 41.5 Å². The Balaban J connectivity index is 2.29. The molecule has 0 saturated carbocycles. The minimum absolute atomic E-state index is 0.282. The fourth-order valence-electron chi connectivity index (χ4n) is 1.44. The van der Waals surface area contributed by atoms with Gasteiger partial charge in [0.25, 0.3) is 0 Å². The summed E-state index contributed by atoms with van der Waals surface area (Å²) in [6, 6.07) is 0. The summed E-state index contributed by atoms with van der Waals surface area (Å²) in [6.45, 7) is 0.282. The van der Waals surface area contributed by atoms with Crippen LogP contribution in [0.3, 0.4) is 0 Å². The lowest BCUT2D eigenvalue weighted by Crippen LogP contribution is -2.11. The van der Waals surface area contributed by atoms with Crippen molar-refractivity contribution in [3.63, 3.8) is 0 Å². The van der Waals surface area contributed by atoms with E-state index in [-0.39, 0.29) is 6.61 Å². The maximum absolute atomic E-state index is 8.64. The van der Waals surface area contributed by atoms with Crippen molar-refractivity contribution in [2.75, 3.05) is 13.7 Å². The van der Waals surface area contributed by atoms with Crippen LogP contribution in [0.25, 0.3) is 0 Å². The van der Waals surface area contributed by atoms with E-state index in [1.807, 2.05) is 0 Å². The lowest BCUT2D eigenvalue weighted by molar-refractivity contribution is 0.119. The maximum Gasteiger partial charge on any atom is 0.0636 e. The molecule has 0 bridgehead atoms. The van der Waals surface area contributed by atoms with Crippen molar-refractivity contribution >= 4 is 0 Å². The summed E-state index contributed by atoms with van der Waals surface area (Å²) in [5.41, 5.74) is 5.24. The molecule has 0 aromatic carbocycles. The van der Waals surface area contributed by atoms with Crippen molar-refractivity contribution in [2.24, 2.45) is 0 Å². The number of allylic oxidation sites excluding steroid dienone is 3. The second-order valence-electron chi connectivity index (χ2n) is 3.07. The van der Waals surface area contributed by atoms with E-state index < -0.39 is 0 Å². The highest BCUT2D eigenvalue weighted by Gasteiger charge is 2.08. The standard InChI is InChI=1S/C10H17NO2/c1-13-11-10-7-4-6-9(10)5-2-3-8-12/h6-7,11-12H,2-5,8H2,1H3. The predicted octanol–water partition coefficient (Wildman–Crippen LogP) is 1.51. The summed E-state index contributed by atoms with van der Waals surface area (Å²) >= 11 is 0. The molecule has 13 heavy (non-hydrogen) atoms. The molecule has 0 unspecified atom stereocenters. The minimum atomic E-state index is 0.282. The molecule has 3 nitrogen and oxygen atoms in total. The molecule has 0 spiro atoms. The molecule has 2 N–H and O–H groups in total. The summed E-state index contributed by atoms with van der Waals surface area (Å²) in [4.78, 5) is 4.85. The molecular formula is C10H17NO2. The molecule has 0 aromatic heterocycles. The number of hydrogen-bond donors (Lipinski definition) is 2. The van der Waals surface area contributed by atoms with Crippen molar-refractivity contribution in [2.45, 2.75) is 25.7 Å². The first-order valence-corrected chi connectivity index (χ1v) is 4.68. The lowest BCUT2D eigenvalue weighted by Gasteiger charge is -2.08. The van der Waals surface area contributed by atoms with Gasteiger partial charge in [0.2, 0.25) is 0 Å². The first-order chi connectivity index (χ1) is 6.38. The molecule has 0 heterocycles. The van der Waals surface area contributed by atoms with Crippen LogP contribution in [0.2, 0.25) is 0 Å². The summed E-state index contributed by atoms with van der Waals surface area (Å²) < 4.78 is 0. The zero-order chi connectivity index (χ0) is 9.52. The second-order valence-corrected chi connectivity index (χ2v) is 3.07. The van der Waals surface area contributed by atoms with Gasteiger partial charge < -0.3 is 5.11 Å². The Hall–Kier alpha value is -0.800. The molecule has 0 atom stereocenters. The Labute approximate surface area is 79.1 Å². The van der Waals surface area contributed by atoms with Gasteiger partial charge in [0, 0.05) is 6.61 Å². The van der Waals surface area contributed by atoms with Gasteiger partial charge in [-0.05, 0) is 31.3 Å². The van der Waals surface area contributed by atoms with Gasteiger partial charge in [-0.1, -0.05) is 12.2 Å². The number of aliphatic hydroxyl groups is 1. The van der Waals surface area contributed by atoms with Crippen LogP contribution in [0.4, 0.5) is 0 Å². The van der Waals surface area contributed by atoms with Crippen molar-refractivity contribution in [1.29, 1.82) is 0 Å². The highest BCUT2D eigenvalue weighted by Crippen LogP contribution is 2.21. The number of unbranched alkanes of at least 4 members (excludes halogenated alkanes) is 1. The Morgan fingerprint density at radius 2 is 2.31 bits per heavy atom. The predicted molar refractivity (Wildman–Crippen MR) is 51.9 cm³/mol. The smallest absolute Gasteiger partial charge is 0.0636 e. The van der Waals surface area contributed by atoms with E-state index in [1.165, 1.54) is 5.57 Å².